The van der Waals surface area contributed by atoms with Crippen molar-refractivity contribution in [2.45, 2.75) is 72.0 Å². The summed E-state index contributed by atoms with van der Waals surface area (Å²) >= 11 is 6.13. The maximum absolute atomic E-state index is 13.6. The molecule has 0 saturated heterocycles. The zero-order valence-corrected chi connectivity index (χ0v) is 24.7. The van der Waals surface area contributed by atoms with Crippen molar-refractivity contribution < 1.29 is 22.7 Å². The molecule has 1 N–H and O–H groups in total. The number of carbonyl (C=O) groups is 2. The van der Waals surface area contributed by atoms with Gasteiger partial charge in [0.2, 0.25) is 21.8 Å². The van der Waals surface area contributed by atoms with Crippen molar-refractivity contribution >= 4 is 39.1 Å². The van der Waals surface area contributed by atoms with Crippen LogP contribution in [-0.4, -0.2) is 57.1 Å². The Balaban J connectivity index is 2.26. The highest BCUT2D eigenvalue weighted by Gasteiger charge is 2.29. The van der Waals surface area contributed by atoms with Crippen molar-refractivity contribution in [1.82, 2.24) is 10.2 Å². The monoisotopic (exact) mass is 565 g/mol. The average molecular weight is 566 g/mol. The zero-order chi connectivity index (χ0) is 28.5. The van der Waals surface area contributed by atoms with Gasteiger partial charge in [-0.05, 0) is 68.5 Å². The van der Waals surface area contributed by atoms with Crippen molar-refractivity contribution in [2.24, 2.45) is 0 Å². The fourth-order valence-electron chi connectivity index (χ4n) is 4.12. The molecule has 10 heteroatoms. The third-order valence-corrected chi connectivity index (χ3v) is 7.91. The van der Waals surface area contributed by atoms with Crippen LogP contribution in [0.4, 0.5) is 5.69 Å². The van der Waals surface area contributed by atoms with Gasteiger partial charge in [-0.15, -0.1) is 0 Å². The van der Waals surface area contributed by atoms with E-state index >= 15 is 0 Å². The molecule has 38 heavy (non-hydrogen) atoms. The van der Waals surface area contributed by atoms with Crippen LogP contribution in [0.25, 0.3) is 0 Å². The van der Waals surface area contributed by atoms with Crippen LogP contribution in [-0.2, 0) is 26.2 Å². The molecule has 0 saturated carbocycles. The first-order chi connectivity index (χ1) is 17.9. The molecule has 2 amide bonds. The summed E-state index contributed by atoms with van der Waals surface area (Å²) in [7, 11) is -2.02. The highest BCUT2D eigenvalue weighted by atomic mass is 35.5. The molecular weight excluding hydrogens is 526 g/mol. The predicted octanol–water partition coefficient (Wildman–Crippen LogP) is 4.93. The number of hydrogen-bond acceptors (Lipinski definition) is 5. The molecule has 2 aromatic carbocycles. The number of nitrogens with zero attached hydrogens (tertiary/aromatic N) is 2. The molecule has 0 radical (unpaired) electrons. The number of anilines is 1. The number of hydrogen-bond donors (Lipinski definition) is 1. The van der Waals surface area contributed by atoms with E-state index < -0.39 is 16.1 Å². The summed E-state index contributed by atoms with van der Waals surface area (Å²) in [6.45, 7) is 7.96. The molecule has 2 rings (SSSR count). The number of benzene rings is 2. The first-order valence-corrected chi connectivity index (χ1v) is 15.1. The van der Waals surface area contributed by atoms with Gasteiger partial charge < -0.3 is 15.0 Å². The van der Waals surface area contributed by atoms with Crippen molar-refractivity contribution in [1.29, 1.82) is 0 Å². The lowest BCUT2D eigenvalue weighted by Crippen LogP contribution is -2.50. The minimum absolute atomic E-state index is 0.0151. The van der Waals surface area contributed by atoms with E-state index in [-0.39, 0.29) is 43.8 Å². The summed E-state index contributed by atoms with van der Waals surface area (Å²) in [6, 6.07) is 11.8. The Morgan fingerprint density at radius 3 is 2.29 bits per heavy atom. The second kappa shape index (κ2) is 14.4. The van der Waals surface area contributed by atoms with Gasteiger partial charge in [-0.3, -0.25) is 13.9 Å². The summed E-state index contributed by atoms with van der Waals surface area (Å²) in [5, 5.41) is 3.42. The van der Waals surface area contributed by atoms with Gasteiger partial charge in [0, 0.05) is 30.6 Å². The number of aryl methyl sites for hydroxylation is 1. The molecule has 8 nitrogen and oxygen atoms in total. The Morgan fingerprint density at radius 1 is 1.08 bits per heavy atom. The second-order valence-corrected chi connectivity index (χ2v) is 11.8. The maximum atomic E-state index is 13.6. The Hall–Kier alpha value is -2.78. The van der Waals surface area contributed by atoms with Gasteiger partial charge in [0.25, 0.3) is 0 Å². The lowest BCUT2D eigenvalue weighted by atomic mass is 10.1. The van der Waals surface area contributed by atoms with Crippen LogP contribution in [0.1, 0.15) is 57.6 Å². The minimum atomic E-state index is -3.61. The quantitative estimate of drug-likeness (QED) is 0.350. The van der Waals surface area contributed by atoms with E-state index in [1.165, 1.54) is 4.31 Å². The van der Waals surface area contributed by atoms with E-state index in [4.69, 9.17) is 16.3 Å². The van der Waals surface area contributed by atoms with Crippen LogP contribution in [0, 0.1) is 6.92 Å². The fourth-order valence-corrected chi connectivity index (χ4v) is 5.30. The van der Waals surface area contributed by atoms with Crippen LogP contribution in [0.3, 0.4) is 0 Å². The molecule has 0 fully saturated rings. The van der Waals surface area contributed by atoms with Crippen LogP contribution < -0.4 is 14.4 Å². The summed E-state index contributed by atoms with van der Waals surface area (Å²) in [4.78, 5) is 28.3. The number of halogens is 1. The van der Waals surface area contributed by atoms with Gasteiger partial charge in [0.15, 0.2) is 0 Å². The lowest BCUT2D eigenvalue weighted by Gasteiger charge is -2.32. The number of rotatable bonds is 14. The molecule has 2 aromatic rings. The second-order valence-electron chi connectivity index (χ2n) is 9.48. The van der Waals surface area contributed by atoms with Crippen LogP contribution in [0.5, 0.6) is 5.75 Å². The Morgan fingerprint density at radius 2 is 1.74 bits per heavy atom. The zero-order valence-electron chi connectivity index (χ0n) is 23.2. The van der Waals surface area contributed by atoms with Gasteiger partial charge in [-0.2, -0.15) is 0 Å². The summed E-state index contributed by atoms with van der Waals surface area (Å²) < 4.78 is 31.7. The molecule has 0 aliphatic rings. The van der Waals surface area contributed by atoms with Gasteiger partial charge in [-0.1, -0.05) is 43.6 Å². The Labute approximate surface area is 232 Å². The summed E-state index contributed by atoms with van der Waals surface area (Å²) in [5.41, 5.74) is 2.11. The molecule has 0 aromatic heterocycles. The van der Waals surface area contributed by atoms with Crippen LogP contribution in [0.2, 0.25) is 5.02 Å². The number of ether oxygens (including phenoxy) is 1. The summed E-state index contributed by atoms with van der Waals surface area (Å²) in [5.74, 6) is 0.282. The summed E-state index contributed by atoms with van der Waals surface area (Å²) in [6.07, 6.45) is 2.72. The van der Waals surface area contributed by atoms with Crippen LogP contribution >= 0.6 is 11.6 Å². The third-order valence-electron chi connectivity index (χ3n) is 6.49. The fraction of sp³-hybridized carbons (Fsp3) is 0.500. The predicted molar refractivity (Wildman–Crippen MR) is 153 cm³/mol. The molecular formula is C28H40ClN3O5S. The molecule has 0 aliphatic carbocycles. The van der Waals surface area contributed by atoms with Crippen molar-refractivity contribution in [3.8, 4) is 5.75 Å². The van der Waals surface area contributed by atoms with E-state index in [1.54, 1.807) is 30.2 Å². The maximum Gasteiger partial charge on any atom is 0.243 e. The first kappa shape index (κ1) is 31.4. The molecule has 0 heterocycles. The molecule has 0 aliphatic heterocycles. The normalized spacial score (nSPS) is 12.9. The SMILES string of the molecule is CC[C@@H](C)NC(=O)[C@H](CC)N(Cc1ccc(OC)cc1)C(=O)CCCN(c1cc(Cl)ccc1C)S(C)(=O)=O. The van der Waals surface area contributed by atoms with Crippen molar-refractivity contribution in [2.75, 3.05) is 24.2 Å². The highest BCUT2D eigenvalue weighted by Crippen LogP contribution is 2.27. The van der Waals surface area contributed by atoms with E-state index in [0.29, 0.717) is 22.9 Å². The Bertz CT molecular complexity index is 1190. The molecule has 210 valence electrons. The first-order valence-electron chi connectivity index (χ1n) is 12.9. The third kappa shape index (κ3) is 8.91. The number of sulfonamides is 1. The number of nitrogens with one attached hydrogen (secondary N) is 1. The largest absolute Gasteiger partial charge is 0.497 e. The van der Waals surface area contributed by atoms with E-state index in [0.717, 1.165) is 23.8 Å². The highest BCUT2D eigenvalue weighted by molar-refractivity contribution is 7.92. The lowest BCUT2D eigenvalue weighted by molar-refractivity contribution is -0.141. The smallest absolute Gasteiger partial charge is 0.243 e. The van der Waals surface area contributed by atoms with Gasteiger partial charge in [0.1, 0.15) is 11.8 Å². The molecule has 0 bridgehead atoms. The number of carbonyl (C=O) groups excluding carboxylic acids is 2. The topological polar surface area (TPSA) is 96.0 Å². The van der Waals surface area contributed by atoms with E-state index in [2.05, 4.69) is 5.32 Å². The van der Waals surface area contributed by atoms with Crippen molar-refractivity contribution in [3.05, 3.63) is 58.6 Å². The van der Waals surface area contributed by atoms with Crippen molar-refractivity contribution in [3.63, 3.8) is 0 Å². The average Bonchev–Trinajstić information content (AvgIpc) is 2.87. The number of amides is 2. The molecule has 0 spiro atoms. The van der Waals surface area contributed by atoms with Gasteiger partial charge in [0.05, 0.1) is 19.1 Å². The standard InChI is InChI=1S/C28H40ClN3O5S/c1-7-21(4)30-28(34)25(8-2)31(19-22-12-15-24(37-5)16-13-22)27(33)10-9-17-32(38(6,35)36)26-18-23(29)14-11-20(26)3/h11-16,18,21,25H,7-10,17,19H2,1-6H3,(H,30,34)/t21-,25+/m1/s1. The Kier molecular flexibility index (Phi) is 11.9. The van der Waals surface area contributed by atoms with Crippen LogP contribution in [0.15, 0.2) is 42.5 Å². The number of methoxy groups -OCH3 is 1. The minimum Gasteiger partial charge on any atom is -0.497 e. The van der Waals surface area contributed by atoms with E-state index in [9.17, 15) is 18.0 Å². The van der Waals surface area contributed by atoms with Gasteiger partial charge >= 0.3 is 0 Å². The molecule has 0 unspecified atom stereocenters. The molecule has 2 atom stereocenters. The van der Waals surface area contributed by atoms with E-state index in [1.807, 2.05) is 52.0 Å². The van der Waals surface area contributed by atoms with Gasteiger partial charge in [-0.25, -0.2) is 8.42 Å².